The molecule has 4 nitrogen and oxygen atoms in total. The van der Waals surface area contributed by atoms with E-state index in [1.807, 2.05) is 12.1 Å². The molecule has 1 saturated heterocycles. The van der Waals surface area contributed by atoms with Crippen LogP contribution >= 0.6 is 11.6 Å². The van der Waals surface area contributed by atoms with E-state index >= 15 is 0 Å². The van der Waals surface area contributed by atoms with Crippen LogP contribution in [0, 0.1) is 0 Å². The molecular formula is C21H25ClN2O2. The molecule has 1 aromatic rings. The second-order valence-electron chi connectivity index (χ2n) is 7.55. The van der Waals surface area contributed by atoms with E-state index in [0.29, 0.717) is 16.3 Å². The highest BCUT2D eigenvalue weighted by Gasteiger charge is 2.44. The lowest BCUT2D eigenvalue weighted by atomic mass is 9.94. The molecule has 26 heavy (non-hydrogen) atoms. The summed E-state index contributed by atoms with van der Waals surface area (Å²) in [5.41, 5.74) is 1.98. The van der Waals surface area contributed by atoms with Gasteiger partial charge < -0.3 is 4.90 Å². The molecule has 138 valence electrons. The van der Waals surface area contributed by atoms with E-state index in [0.717, 1.165) is 57.2 Å². The summed E-state index contributed by atoms with van der Waals surface area (Å²) in [7, 11) is 0. The Bertz CT molecular complexity index is 729. The van der Waals surface area contributed by atoms with E-state index in [2.05, 4.69) is 4.90 Å². The highest BCUT2D eigenvalue weighted by molar-refractivity contribution is 6.36. The molecule has 1 saturated carbocycles. The van der Waals surface area contributed by atoms with Gasteiger partial charge in [-0.25, -0.2) is 0 Å². The summed E-state index contributed by atoms with van der Waals surface area (Å²) in [6, 6.07) is 7.35. The Morgan fingerprint density at radius 2 is 1.42 bits per heavy atom. The molecule has 1 aromatic carbocycles. The van der Waals surface area contributed by atoms with Crippen LogP contribution in [0.3, 0.4) is 0 Å². The van der Waals surface area contributed by atoms with Gasteiger partial charge in [0.1, 0.15) is 5.70 Å². The van der Waals surface area contributed by atoms with Crippen molar-refractivity contribution in [2.75, 3.05) is 13.1 Å². The molecule has 0 spiro atoms. The van der Waals surface area contributed by atoms with Crippen LogP contribution in [0.2, 0.25) is 5.02 Å². The summed E-state index contributed by atoms with van der Waals surface area (Å²) >= 11 is 6.03. The Morgan fingerprint density at radius 3 is 2.08 bits per heavy atom. The second kappa shape index (κ2) is 7.43. The molecule has 2 amide bonds. The summed E-state index contributed by atoms with van der Waals surface area (Å²) in [5, 5.41) is 0.634. The van der Waals surface area contributed by atoms with Gasteiger partial charge in [-0.1, -0.05) is 43.0 Å². The summed E-state index contributed by atoms with van der Waals surface area (Å²) in [4.78, 5) is 30.4. The largest absolute Gasteiger partial charge is 0.366 e. The number of hydrogen-bond donors (Lipinski definition) is 0. The molecule has 0 aromatic heterocycles. The zero-order valence-electron chi connectivity index (χ0n) is 15.0. The summed E-state index contributed by atoms with van der Waals surface area (Å²) in [6.45, 7) is 1.70. The maximum absolute atomic E-state index is 13.3. The topological polar surface area (TPSA) is 40.6 Å². The number of rotatable bonds is 3. The SMILES string of the molecule is O=C1C(c2ccc(Cl)cc2)=C(N2CCCCC2)C(=O)N1C1CCCCC1. The number of carbonyl (C=O) groups excluding carboxylic acids is 2. The molecule has 0 bridgehead atoms. The highest BCUT2D eigenvalue weighted by atomic mass is 35.5. The Morgan fingerprint density at radius 1 is 0.808 bits per heavy atom. The number of imide groups is 1. The van der Waals surface area contributed by atoms with Crippen molar-refractivity contribution in [1.82, 2.24) is 9.80 Å². The van der Waals surface area contributed by atoms with Gasteiger partial charge in [0.2, 0.25) is 0 Å². The van der Waals surface area contributed by atoms with Crippen molar-refractivity contribution >= 4 is 29.0 Å². The molecule has 2 heterocycles. The van der Waals surface area contributed by atoms with E-state index in [1.165, 1.54) is 12.8 Å². The van der Waals surface area contributed by atoms with Gasteiger partial charge in [0.15, 0.2) is 0 Å². The minimum Gasteiger partial charge on any atom is -0.366 e. The van der Waals surface area contributed by atoms with Gasteiger partial charge in [-0.2, -0.15) is 0 Å². The van der Waals surface area contributed by atoms with E-state index in [-0.39, 0.29) is 17.9 Å². The molecule has 5 heteroatoms. The minimum atomic E-state index is -0.121. The second-order valence-corrected chi connectivity index (χ2v) is 7.99. The average Bonchev–Trinajstić information content (AvgIpc) is 2.94. The van der Waals surface area contributed by atoms with Crippen LogP contribution in [-0.2, 0) is 9.59 Å². The van der Waals surface area contributed by atoms with Crippen molar-refractivity contribution in [3.63, 3.8) is 0 Å². The zero-order chi connectivity index (χ0) is 18.1. The normalized spacial score (nSPS) is 22.5. The van der Waals surface area contributed by atoms with Gasteiger partial charge in [0, 0.05) is 24.2 Å². The predicted molar refractivity (Wildman–Crippen MR) is 103 cm³/mol. The van der Waals surface area contributed by atoms with E-state index in [1.54, 1.807) is 17.0 Å². The number of amides is 2. The summed E-state index contributed by atoms with van der Waals surface area (Å²) in [6.07, 6.45) is 8.58. The number of carbonyl (C=O) groups is 2. The predicted octanol–water partition coefficient (Wildman–Crippen LogP) is 4.24. The van der Waals surface area contributed by atoms with Crippen LogP contribution < -0.4 is 0 Å². The standard InChI is InChI=1S/C21H25ClN2O2/c22-16-11-9-15(10-12-16)18-19(23-13-5-2-6-14-23)21(26)24(20(18)25)17-7-3-1-4-8-17/h9-12,17H,1-8,13-14H2. The first kappa shape index (κ1) is 17.6. The third kappa shape index (κ3) is 3.16. The molecule has 3 aliphatic rings. The number of hydrogen-bond acceptors (Lipinski definition) is 3. The van der Waals surface area contributed by atoms with Crippen molar-refractivity contribution in [3.8, 4) is 0 Å². The monoisotopic (exact) mass is 372 g/mol. The molecule has 0 unspecified atom stereocenters. The Kier molecular flexibility index (Phi) is 5.03. The van der Waals surface area contributed by atoms with Crippen LogP contribution in [0.25, 0.3) is 5.57 Å². The Hall–Kier alpha value is -1.81. The maximum atomic E-state index is 13.3. The molecule has 1 aliphatic carbocycles. The third-order valence-corrected chi connectivity index (χ3v) is 6.09. The van der Waals surface area contributed by atoms with E-state index in [4.69, 9.17) is 11.6 Å². The van der Waals surface area contributed by atoms with Crippen LogP contribution in [0.5, 0.6) is 0 Å². The fourth-order valence-corrected chi connectivity index (χ4v) is 4.62. The molecule has 0 N–H and O–H groups in total. The van der Waals surface area contributed by atoms with Crippen LogP contribution in [0.15, 0.2) is 30.0 Å². The van der Waals surface area contributed by atoms with Crippen LogP contribution in [-0.4, -0.2) is 40.7 Å². The van der Waals surface area contributed by atoms with Crippen molar-refractivity contribution in [2.45, 2.75) is 57.4 Å². The quantitative estimate of drug-likeness (QED) is 0.745. The molecule has 0 radical (unpaired) electrons. The Balaban J connectivity index is 1.74. The fourth-order valence-electron chi connectivity index (χ4n) is 4.49. The fraction of sp³-hybridized carbons (Fsp3) is 0.524. The number of benzene rings is 1. The number of halogens is 1. The first-order valence-electron chi connectivity index (χ1n) is 9.80. The smallest absolute Gasteiger partial charge is 0.278 e. The maximum Gasteiger partial charge on any atom is 0.278 e. The lowest BCUT2D eigenvalue weighted by Gasteiger charge is -2.32. The van der Waals surface area contributed by atoms with Gasteiger partial charge in [-0.05, 0) is 49.8 Å². The van der Waals surface area contributed by atoms with E-state index < -0.39 is 0 Å². The van der Waals surface area contributed by atoms with Gasteiger partial charge in [0.05, 0.1) is 5.57 Å². The molecular weight excluding hydrogens is 348 g/mol. The first-order chi connectivity index (χ1) is 12.7. The number of piperidine rings is 1. The van der Waals surface area contributed by atoms with Gasteiger partial charge in [-0.15, -0.1) is 0 Å². The molecule has 0 atom stereocenters. The van der Waals surface area contributed by atoms with Gasteiger partial charge in [-0.3, -0.25) is 14.5 Å². The average molecular weight is 373 g/mol. The minimum absolute atomic E-state index is 0.0494. The van der Waals surface area contributed by atoms with Gasteiger partial charge in [0.25, 0.3) is 11.8 Å². The van der Waals surface area contributed by atoms with Crippen molar-refractivity contribution < 1.29 is 9.59 Å². The zero-order valence-corrected chi connectivity index (χ0v) is 15.8. The van der Waals surface area contributed by atoms with E-state index in [9.17, 15) is 9.59 Å². The number of nitrogens with zero attached hydrogens (tertiary/aromatic N) is 2. The molecule has 4 rings (SSSR count). The van der Waals surface area contributed by atoms with Crippen molar-refractivity contribution in [3.05, 3.63) is 40.5 Å². The summed E-state index contributed by atoms with van der Waals surface area (Å²) in [5.74, 6) is -0.210. The number of likely N-dealkylation sites (tertiary alicyclic amines) is 1. The van der Waals surface area contributed by atoms with Crippen molar-refractivity contribution in [1.29, 1.82) is 0 Å². The summed E-state index contributed by atoms with van der Waals surface area (Å²) < 4.78 is 0. The molecule has 2 aliphatic heterocycles. The lowest BCUT2D eigenvalue weighted by Crippen LogP contribution is -2.44. The first-order valence-corrected chi connectivity index (χ1v) is 10.2. The third-order valence-electron chi connectivity index (χ3n) is 5.84. The molecule has 2 fully saturated rings. The highest BCUT2D eigenvalue weighted by Crippen LogP contribution is 2.37. The van der Waals surface area contributed by atoms with Crippen molar-refractivity contribution in [2.24, 2.45) is 0 Å². The van der Waals surface area contributed by atoms with Crippen LogP contribution in [0.4, 0.5) is 0 Å². The Labute approximate surface area is 159 Å². The van der Waals surface area contributed by atoms with Gasteiger partial charge >= 0.3 is 0 Å². The lowest BCUT2D eigenvalue weighted by molar-refractivity contribution is -0.141. The van der Waals surface area contributed by atoms with Crippen LogP contribution in [0.1, 0.15) is 56.9 Å².